The molecule has 1 atom stereocenters. The average molecular weight is 478 g/mol. The zero-order valence-corrected chi connectivity index (χ0v) is 19.4. The molecule has 4 rings (SSSR count). The van der Waals surface area contributed by atoms with E-state index >= 15 is 0 Å². The summed E-state index contributed by atoms with van der Waals surface area (Å²) in [4.78, 5) is 31.5. The van der Waals surface area contributed by atoms with E-state index in [0.29, 0.717) is 32.8 Å². The third-order valence-electron chi connectivity index (χ3n) is 5.05. The summed E-state index contributed by atoms with van der Waals surface area (Å²) in [5, 5.41) is 9.90. The van der Waals surface area contributed by atoms with Crippen LogP contribution in [-0.4, -0.2) is 22.0 Å². The van der Waals surface area contributed by atoms with Crippen LogP contribution >= 0.6 is 23.4 Å². The zero-order chi connectivity index (χ0) is 23.4. The van der Waals surface area contributed by atoms with Gasteiger partial charge in [-0.25, -0.2) is 9.88 Å². The normalized spacial score (nSPS) is 15.5. The Labute approximate surface area is 201 Å². The number of nitriles is 1. The van der Waals surface area contributed by atoms with Crippen molar-refractivity contribution in [3.8, 4) is 17.6 Å². The van der Waals surface area contributed by atoms with E-state index in [-0.39, 0.29) is 18.2 Å². The number of nitrogens with zero attached hydrogens (tertiary/aromatic N) is 3. The molecule has 0 bridgehead atoms. The van der Waals surface area contributed by atoms with Crippen LogP contribution in [0.1, 0.15) is 31.0 Å². The molecule has 33 heavy (non-hydrogen) atoms. The lowest BCUT2D eigenvalue weighted by Crippen LogP contribution is -2.31. The number of amides is 2. The van der Waals surface area contributed by atoms with Crippen LogP contribution in [0.25, 0.3) is 0 Å². The summed E-state index contributed by atoms with van der Waals surface area (Å²) in [6.45, 7) is 2.05. The third-order valence-corrected chi connectivity index (χ3v) is 6.49. The molecule has 1 fully saturated rings. The van der Waals surface area contributed by atoms with Crippen LogP contribution in [0, 0.1) is 11.3 Å². The number of carbonyl (C=O) groups is 2. The van der Waals surface area contributed by atoms with Crippen LogP contribution in [0.4, 0.5) is 5.69 Å². The van der Waals surface area contributed by atoms with Crippen LogP contribution in [0.15, 0.2) is 65.7 Å². The maximum absolute atomic E-state index is 13.1. The Balaban J connectivity index is 1.49. The van der Waals surface area contributed by atoms with Gasteiger partial charge in [0.05, 0.1) is 16.5 Å². The number of carbonyl (C=O) groups excluding carboxylic acids is 2. The molecular formula is C25H20ClN3O3S. The number of hydrogen-bond acceptors (Lipinski definition) is 6. The number of hydrogen-bond donors (Lipinski definition) is 0. The molecular weight excluding hydrogens is 458 g/mol. The molecule has 0 N–H and O–H groups in total. The Morgan fingerprint density at radius 1 is 1.09 bits per heavy atom. The van der Waals surface area contributed by atoms with Gasteiger partial charge in [-0.3, -0.25) is 9.59 Å². The van der Waals surface area contributed by atoms with Crippen molar-refractivity contribution in [1.29, 1.82) is 5.26 Å². The maximum Gasteiger partial charge on any atom is 0.247 e. The van der Waals surface area contributed by atoms with Crippen LogP contribution in [0.3, 0.4) is 0 Å². The minimum Gasteiger partial charge on any atom is -0.457 e. The first-order valence-corrected chi connectivity index (χ1v) is 11.7. The van der Waals surface area contributed by atoms with E-state index in [0.717, 1.165) is 18.5 Å². The molecule has 3 aromatic rings. The Hall–Kier alpha value is -3.34. The summed E-state index contributed by atoms with van der Waals surface area (Å²) >= 11 is 7.07. The van der Waals surface area contributed by atoms with Crippen molar-refractivity contribution in [1.82, 2.24) is 4.98 Å². The molecule has 6 nitrogen and oxygen atoms in total. The molecule has 0 spiro atoms. The number of ether oxygens (including phenoxy) is 1. The standard InChI is InChI=1S/C25H20ClN3O3S/c1-2-3-18-7-4-16(15-27)24(28-18)33-22-14-23(30)29(25(22)31)19-8-12-21(13-9-19)32-20-10-5-17(26)6-11-20/h4-13,22H,2-3,14H2,1H3. The van der Waals surface area contributed by atoms with Crippen LogP contribution in [0.2, 0.25) is 5.02 Å². The lowest BCUT2D eigenvalue weighted by Gasteiger charge is -2.16. The second-order valence-electron chi connectivity index (χ2n) is 7.44. The van der Waals surface area contributed by atoms with E-state index in [9.17, 15) is 14.9 Å². The molecule has 2 heterocycles. The molecule has 1 unspecified atom stereocenters. The van der Waals surface area contributed by atoms with Gasteiger partial charge in [0.25, 0.3) is 0 Å². The van der Waals surface area contributed by atoms with Crippen molar-refractivity contribution < 1.29 is 14.3 Å². The Morgan fingerprint density at radius 3 is 2.39 bits per heavy atom. The van der Waals surface area contributed by atoms with E-state index in [1.54, 1.807) is 54.6 Å². The van der Waals surface area contributed by atoms with Crippen molar-refractivity contribution >= 4 is 40.9 Å². The first-order chi connectivity index (χ1) is 16.0. The van der Waals surface area contributed by atoms with E-state index in [2.05, 4.69) is 18.0 Å². The van der Waals surface area contributed by atoms with Gasteiger partial charge in [0, 0.05) is 17.1 Å². The smallest absolute Gasteiger partial charge is 0.247 e. The van der Waals surface area contributed by atoms with Gasteiger partial charge in [-0.15, -0.1) is 0 Å². The van der Waals surface area contributed by atoms with Gasteiger partial charge in [0.2, 0.25) is 11.8 Å². The summed E-state index contributed by atoms with van der Waals surface area (Å²) in [5.74, 6) is 0.597. The Kier molecular flexibility index (Phi) is 6.97. The summed E-state index contributed by atoms with van der Waals surface area (Å²) in [6, 6.07) is 19.4. The number of aromatic nitrogens is 1. The molecule has 2 amide bonds. The SMILES string of the molecule is CCCc1ccc(C#N)c(SC2CC(=O)N(c3ccc(Oc4ccc(Cl)cc4)cc3)C2=O)n1. The predicted octanol–water partition coefficient (Wildman–Crippen LogP) is 5.78. The minimum absolute atomic E-state index is 0.0527. The number of imide groups is 1. The lowest BCUT2D eigenvalue weighted by molar-refractivity contribution is -0.121. The van der Waals surface area contributed by atoms with Crippen molar-refractivity contribution in [3.05, 3.63) is 76.9 Å². The highest BCUT2D eigenvalue weighted by molar-refractivity contribution is 8.00. The number of anilines is 1. The molecule has 1 saturated heterocycles. The fourth-order valence-corrected chi connectivity index (χ4v) is 4.69. The summed E-state index contributed by atoms with van der Waals surface area (Å²) < 4.78 is 5.77. The minimum atomic E-state index is -0.626. The highest BCUT2D eigenvalue weighted by Crippen LogP contribution is 2.35. The molecule has 8 heteroatoms. The van der Waals surface area contributed by atoms with E-state index in [1.165, 1.54) is 16.7 Å². The second kappa shape index (κ2) is 10.1. The molecule has 1 aliphatic rings. The molecule has 0 radical (unpaired) electrons. The first-order valence-electron chi connectivity index (χ1n) is 10.5. The summed E-state index contributed by atoms with van der Waals surface area (Å²) in [6.07, 6.45) is 1.76. The number of aryl methyl sites for hydroxylation is 1. The van der Waals surface area contributed by atoms with E-state index in [4.69, 9.17) is 16.3 Å². The van der Waals surface area contributed by atoms with Crippen molar-refractivity contribution in [2.24, 2.45) is 0 Å². The van der Waals surface area contributed by atoms with Gasteiger partial charge >= 0.3 is 0 Å². The highest BCUT2D eigenvalue weighted by Gasteiger charge is 2.40. The van der Waals surface area contributed by atoms with Gasteiger partial charge in [0.15, 0.2) is 0 Å². The number of halogens is 1. The van der Waals surface area contributed by atoms with E-state index in [1.807, 2.05) is 6.07 Å². The number of pyridine rings is 1. The maximum atomic E-state index is 13.1. The first kappa shape index (κ1) is 22.8. The van der Waals surface area contributed by atoms with Crippen molar-refractivity contribution in [2.75, 3.05) is 4.90 Å². The molecule has 0 aliphatic carbocycles. The topological polar surface area (TPSA) is 83.3 Å². The third kappa shape index (κ3) is 5.19. The van der Waals surface area contributed by atoms with Gasteiger partial charge in [-0.2, -0.15) is 5.26 Å². The molecule has 1 aliphatic heterocycles. The highest BCUT2D eigenvalue weighted by atomic mass is 35.5. The van der Waals surface area contributed by atoms with Gasteiger partial charge < -0.3 is 4.74 Å². The largest absolute Gasteiger partial charge is 0.457 e. The van der Waals surface area contributed by atoms with Crippen LogP contribution in [-0.2, 0) is 16.0 Å². The van der Waals surface area contributed by atoms with Crippen LogP contribution < -0.4 is 9.64 Å². The Bertz CT molecular complexity index is 1220. The Morgan fingerprint density at radius 2 is 1.76 bits per heavy atom. The second-order valence-corrected chi connectivity index (χ2v) is 9.07. The van der Waals surface area contributed by atoms with Crippen molar-refractivity contribution in [2.45, 2.75) is 36.5 Å². The predicted molar refractivity (Wildman–Crippen MR) is 128 cm³/mol. The fraction of sp³-hybridized carbons (Fsp3) is 0.200. The van der Waals surface area contributed by atoms with Gasteiger partial charge in [-0.05, 0) is 67.1 Å². The number of rotatable bonds is 7. The molecule has 1 aromatic heterocycles. The monoisotopic (exact) mass is 477 g/mol. The van der Waals surface area contributed by atoms with Gasteiger partial charge in [0.1, 0.15) is 22.6 Å². The van der Waals surface area contributed by atoms with Crippen LogP contribution in [0.5, 0.6) is 11.5 Å². The number of thioether (sulfide) groups is 1. The average Bonchev–Trinajstić information content (AvgIpc) is 3.09. The molecule has 0 saturated carbocycles. The zero-order valence-electron chi connectivity index (χ0n) is 17.8. The quantitative estimate of drug-likeness (QED) is 0.401. The van der Waals surface area contributed by atoms with Gasteiger partial charge in [-0.1, -0.05) is 36.7 Å². The lowest BCUT2D eigenvalue weighted by atomic mass is 10.2. The molecule has 166 valence electrons. The van der Waals surface area contributed by atoms with Crippen molar-refractivity contribution in [3.63, 3.8) is 0 Å². The number of benzene rings is 2. The van der Waals surface area contributed by atoms with E-state index < -0.39 is 5.25 Å². The summed E-state index contributed by atoms with van der Waals surface area (Å²) in [7, 11) is 0. The fourth-order valence-electron chi connectivity index (χ4n) is 3.45. The molecule has 2 aromatic carbocycles. The summed E-state index contributed by atoms with van der Waals surface area (Å²) in [5.41, 5.74) is 1.75.